The number of fused-ring (bicyclic) bond motifs is 1. The maximum atomic E-state index is 5.68. The monoisotopic (exact) mass is 265 g/mol. The molecule has 0 amide bonds. The zero-order valence-electron chi connectivity index (χ0n) is 11.0. The molecule has 0 bridgehead atoms. The molecule has 0 atom stereocenters. The fraction of sp³-hybridized carbons (Fsp3) is 0.462. The van der Waals surface area contributed by atoms with Crippen molar-refractivity contribution < 1.29 is 13.9 Å². The van der Waals surface area contributed by atoms with E-state index in [0.717, 1.165) is 18.5 Å². The maximum absolute atomic E-state index is 5.68. The first kappa shape index (κ1) is 13.6. The van der Waals surface area contributed by atoms with Crippen LogP contribution in [0.5, 0.6) is 0 Å². The second kappa shape index (κ2) is 6.96. The van der Waals surface area contributed by atoms with Gasteiger partial charge >= 0.3 is 0 Å². The summed E-state index contributed by atoms with van der Waals surface area (Å²) in [6.07, 6.45) is 0.880. The number of ether oxygens (including phenoxy) is 2. The molecular formula is C13H19N3O3. The first-order valence-electron chi connectivity index (χ1n) is 6.26. The summed E-state index contributed by atoms with van der Waals surface area (Å²) in [4.78, 5) is 4.31. The summed E-state index contributed by atoms with van der Waals surface area (Å²) < 4.78 is 15.8. The molecule has 0 saturated carbocycles. The van der Waals surface area contributed by atoms with Crippen molar-refractivity contribution in [2.24, 2.45) is 0 Å². The van der Waals surface area contributed by atoms with Crippen LogP contribution in [0.3, 0.4) is 0 Å². The van der Waals surface area contributed by atoms with Crippen LogP contribution in [0.2, 0.25) is 0 Å². The third kappa shape index (κ3) is 4.11. The summed E-state index contributed by atoms with van der Waals surface area (Å²) in [5.41, 5.74) is 7.84. The van der Waals surface area contributed by atoms with Gasteiger partial charge in [-0.2, -0.15) is 4.98 Å². The van der Waals surface area contributed by atoms with Crippen LogP contribution in [0.15, 0.2) is 22.6 Å². The SMILES string of the molecule is COCCOCCCNc1nc2ccc(N)cc2o1. The van der Waals surface area contributed by atoms with Gasteiger partial charge in [0.05, 0.1) is 13.2 Å². The van der Waals surface area contributed by atoms with E-state index in [1.807, 2.05) is 6.07 Å². The zero-order valence-corrected chi connectivity index (χ0v) is 11.0. The van der Waals surface area contributed by atoms with Crippen molar-refractivity contribution in [1.82, 2.24) is 4.98 Å². The van der Waals surface area contributed by atoms with E-state index in [4.69, 9.17) is 19.6 Å². The van der Waals surface area contributed by atoms with E-state index in [-0.39, 0.29) is 0 Å². The number of aromatic nitrogens is 1. The largest absolute Gasteiger partial charge is 0.423 e. The number of methoxy groups -OCH3 is 1. The van der Waals surface area contributed by atoms with Crippen LogP contribution in [-0.2, 0) is 9.47 Å². The van der Waals surface area contributed by atoms with Gasteiger partial charge in [0.15, 0.2) is 5.58 Å². The van der Waals surface area contributed by atoms with Gasteiger partial charge in [0.1, 0.15) is 5.52 Å². The molecule has 19 heavy (non-hydrogen) atoms. The van der Waals surface area contributed by atoms with Crippen LogP contribution in [0, 0.1) is 0 Å². The van der Waals surface area contributed by atoms with Gasteiger partial charge in [-0.15, -0.1) is 0 Å². The quantitative estimate of drug-likeness (QED) is 0.560. The summed E-state index contributed by atoms with van der Waals surface area (Å²) in [5, 5.41) is 3.11. The molecule has 1 aromatic heterocycles. The predicted octanol–water partition coefficient (Wildman–Crippen LogP) is 1.88. The highest BCUT2D eigenvalue weighted by molar-refractivity contribution is 5.77. The smallest absolute Gasteiger partial charge is 0.295 e. The molecule has 0 aliphatic rings. The lowest BCUT2D eigenvalue weighted by Gasteiger charge is -2.03. The first-order valence-corrected chi connectivity index (χ1v) is 6.26. The molecule has 1 aromatic carbocycles. The van der Waals surface area contributed by atoms with Crippen LogP contribution < -0.4 is 11.1 Å². The van der Waals surface area contributed by atoms with E-state index in [1.165, 1.54) is 0 Å². The molecule has 0 unspecified atom stereocenters. The highest BCUT2D eigenvalue weighted by Crippen LogP contribution is 2.20. The molecule has 0 aliphatic carbocycles. The number of rotatable bonds is 8. The molecule has 6 heteroatoms. The van der Waals surface area contributed by atoms with Crippen LogP contribution in [0.25, 0.3) is 11.1 Å². The number of anilines is 2. The van der Waals surface area contributed by atoms with Crippen molar-refractivity contribution in [1.29, 1.82) is 0 Å². The van der Waals surface area contributed by atoms with Crippen LogP contribution in [0.4, 0.5) is 11.7 Å². The topological polar surface area (TPSA) is 82.5 Å². The highest BCUT2D eigenvalue weighted by Gasteiger charge is 2.04. The number of hydrogen-bond donors (Lipinski definition) is 2. The number of nitrogens with zero attached hydrogens (tertiary/aromatic N) is 1. The summed E-state index contributed by atoms with van der Waals surface area (Å²) in [5.74, 6) is 0. The van der Waals surface area contributed by atoms with Gasteiger partial charge < -0.3 is 24.9 Å². The van der Waals surface area contributed by atoms with E-state index >= 15 is 0 Å². The van der Waals surface area contributed by atoms with Crippen LogP contribution in [0.1, 0.15) is 6.42 Å². The van der Waals surface area contributed by atoms with Crippen molar-refractivity contribution in [2.45, 2.75) is 6.42 Å². The Morgan fingerprint density at radius 2 is 2.21 bits per heavy atom. The van der Waals surface area contributed by atoms with Gasteiger partial charge in [0.25, 0.3) is 6.01 Å². The molecule has 0 radical (unpaired) electrons. The fourth-order valence-electron chi connectivity index (χ4n) is 1.63. The predicted molar refractivity (Wildman–Crippen MR) is 74.2 cm³/mol. The highest BCUT2D eigenvalue weighted by atomic mass is 16.5. The molecule has 0 saturated heterocycles. The van der Waals surface area contributed by atoms with Crippen molar-refractivity contribution in [3.63, 3.8) is 0 Å². The van der Waals surface area contributed by atoms with Crippen molar-refractivity contribution in [3.8, 4) is 0 Å². The average Bonchev–Trinajstić information content (AvgIpc) is 2.79. The zero-order chi connectivity index (χ0) is 13.5. The summed E-state index contributed by atoms with van der Waals surface area (Å²) in [7, 11) is 1.66. The van der Waals surface area contributed by atoms with E-state index in [1.54, 1.807) is 19.2 Å². The minimum atomic E-state index is 0.512. The molecule has 2 rings (SSSR count). The summed E-state index contributed by atoms with van der Waals surface area (Å²) in [6.45, 7) is 2.68. The molecule has 0 spiro atoms. The molecule has 0 fully saturated rings. The lowest BCUT2D eigenvalue weighted by atomic mass is 10.3. The van der Waals surface area contributed by atoms with Crippen molar-refractivity contribution in [2.75, 3.05) is 44.5 Å². The third-order valence-corrected chi connectivity index (χ3v) is 2.59. The second-order valence-corrected chi connectivity index (χ2v) is 4.13. The Hall–Kier alpha value is -1.79. The van der Waals surface area contributed by atoms with Crippen LogP contribution >= 0.6 is 0 Å². The van der Waals surface area contributed by atoms with Crippen LogP contribution in [-0.4, -0.2) is 38.5 Å². The molecular weight excluding hydrogens is 246 g/mol. The molecule has 1 heterocycles. The van der Waals surface area contributed by atoms with E-state index < -0.39 is 0 Å². The van der Waals surface area contributed by atoms with Gasteiger partial charge in [0, 0.05) is 32.0 Å². The Morgan fingerprint density at radius 3 is 3.05 bits per heavy atom. The fourth-order valence-corrected chi connectivity index (χ4v) is 1.63. The standard InChI is InChI=1S/C13H19N3O3/c1-17-7-8-18-6-2-5-15-13-16-11-4-3-10(14)9-12(11)19-13/h3-4,9H,2,5-8,14H2,1H3,(H,15,16). The Bertz CT molecular complexity index is 513. The molecule has 3 N–H and O–H groups in total. The summed E-state index contributed by atoms with van der Waals surface area (Å²) in [6, 6.07) is 5.92. The number of nitrogens with two attached hydrogens (primary N) is 1. The second-order valence-electron chi connectivity index (χ2n) is 4.13. The summed E-state index contributed by atoms with van der Waals surface area (Å²) >= 11 is 0. The van der Waals surface area contributed by atoms with E-state index in [2.05, 4.69) is 10.3 Å². The number of benzene rings is 1. The Morgan fingerprint density at radius 1 is 1.32 bits per heavy atom. The minimum absolute atomic E-state index is 0.512. The van der Waals surface area contributed by atoms with Gasteiger partial charge in [-0.3, -0.25) is 0 Å². The van der Waals surface area contributed by atoms with Crippen molar-refractivity contribution >= 4 is 22.8 Å². The van der Waals surface area contributed by atoms with Gasteiger partial charge in [-0.05, 0) is 18.6 Å². The third-order valence-electron chi connectivity index (χ3n) is 2.59. The van der Waals surface area contributed by atoms with Gasteiger partial charge in [-0.25, -0.2) is 0 Å². The average molecular weight is 265 g/mol. The van der Waals surface area contributed by atoms with Crippen molar-refractivity contribution in [3.05, 3.63) is 18.2 Å². The molecule has 0 aliphatic heterocycles. The Labute approximate surface area is 111 Å². The Kier molecular flexibility index (Phi) is 5.00. The first-order chi connectivity index (χ1) is 9.29. The maximum Gasteiger partial charge on any atom is 0.295 e. The number of hydrogen-bond acceptors (Lipinski definition) is 6. The normalized spacial score (nSPS) is 11.0. The molecule has 2 aromatic rings. The van der Waals surface area contributed by atoms with Gasteiger partial charge in [-0.1, -0.05) is 0 Å². The molecule has 6 nitrogen and oxygen atoms in total. The van der Waals surface area contributed by atoms with Gasteiger partial charge in [0.2, 0.25) is 0 Å². The number of oxazole rings is 1. The lowest BCUT2D eigenvalue weighted by molar-refractivity contribution is 0.0705. The van der Waals surface area contributed by atoms with E-state index in [0.29, 0.717) is 37.1 Å². The number of nitrogen functional groups attached to an aromatic ring is 1. The lowest BCUT2D eigenvalue weighted by Crippen LogP contribution is -2.08. The minimum Gasteiger partial charge on any atom is -0.423 e. The van der Waals surface area contributed by atoms with E-state index in [9.17, 15) is 0 Å². The number of nitrogens with one attached hydrogen (secondary N) is 1. The Balaban J connectivity index is 1.72. The molecule has 104 valence electrons.